The van der Waals surface area contributed by atoms with Crippen molar-refractivity contribution in [1.82, 2.24) is 0 Å². The summed E-state index contributed by atoms with van der Waals surface area (Å²) < 4.78 is 58.8. The Morgan fingerprint density at radius 3 is 2.47 bits per heavy atom. The molecule has 1 heterocycles. The fourth-order valence-electron chi connectivity index (χ4n) is 3.44. The van der Waals surface area contributed by atoms with E-state index in [9.17, 15) is 26.8 Å². The second-order valence-electron chi connectivity index (χ2n) is 7.11. The standard InChI is InChI=1S/C23H17F2NO5S/c24-19-9-8-16(13-20(19)25)22(27)14-31-23(28)17-5-3-6-18(12-17)32(29,30)26-11-10-15-4-1-2-7-21(15)26/h1-9,12-13H,10-11,14H2. The molecular weight excluding hydrogens is 440 g/mol. The van der Waals surface area contributed by atoms with Crippen LogP contribution in [-0.4, -0.2) is 33.3 Å². The summed E-state index contributed by atoms with van der Waals surface area (Å²) in [5.41, 5.74) is 1.30. The van der Waals surface area contributed by atoms with Crippen LogP contribution in [0.3, 0.4) is 0 Å². The topological polar surface area (TPSA) is 80.8 Å². The van der Waals surface area contributed by atoms with Crippen LogP contribution in [-0.2, 0) is 21.2 Å². The third-order valence-corrected chi connectivity index (χ3v) is 6.89. The fourth-order valence-corrected chi connectivity index (χ4v) is 4.99. The number of hydrogen-bond acceptors (Lipinski definition) is 5. The molecule has 0 aliphatic carbocycles. The van der Waals surface area contributed by atoms with Gasteiger partial charge in [-0.3, -0.25) is 9.10 Å². The van der Waals surface area contributed by atoms with Crippen LogP contribution in [0.25, 0.3) is 0 Å². The minimum Gasteiger partial charge on any atom is -0.454 e. The average molecular weight is 457 g/mol. The molecule has 3 aromatic carbocycles. The number of fused-ring (bicyclic) bond motifs is 1. The lowest BCUT2D eigenvalue weighted by Crippen LogP contribution is -2.29. The molecule has 6 nitrogen and oxygen atoms in total. The van der Waals surface area contributed by atoms with Gasteiger partial charge in [0.05, 0.1) is 16.1 Å². The predicted octanol–water partition coefficient (Wildman–Crippen LogP) is 3.76. The van der Waals surface area contributed by atoms with E-state index in [4.69, 9.17) is 4.74 Å². The van der Waals surface area contributed by atoms with Crippen LogP contribution in [0.15, 0.2) is 71.6 Å². The van der Waals surface area contributed by atoms with Crippen molar-refractivity contribution in [3.05, 3.63) is 95.1 Å². The molecule has 0 fully saturated rings. The first-order valence-electron chi connectivity index (χ1n) is 9.63. The molecule has 0 saturated heterocycles. The van der Waals surface area contributed by atoms with Crippen LogP contribution in [0.4, 0.5) is 14.5 Å². The number of carbonyl (C=O) groups excluding carboxylic acids is 2. The van der Waals surface area contributed by atoms with Gasteiger partial charge in [-0.05, 0) is 54.4 Å². The summed E-state index contributed by atoms with van der Waals surface area (Å²) in [5, 5.41) is 0. The summed E-state index contributed by atoms with van der Waals surface area (Å²) >= 11 is 0. The van der Waals surface area contributed by atoms with Gasteiger partial charge < -0.3 is 4.74 Å². The summed E-state index contributed by atoms with van der Waals surface area (Å²) in [7, 11) is -3.91. The lowest BCUT2D eigenvalue weighted by atomic mass is 10.1. The molecule has 0 unspecified atom stereocenters. The summed E-state index contributed by atoms with van der Waals surface area (Å²) in [4.78, 5) is 24.4. The molecule has 9 heteroatoms. The molecule has 0 atom stereocenters. The van der Waals surface area contributed by atoms with Crippen molar-refractivity contribution in [2.45, 2.75) is 11.3 Å². The third kappa shape index (κ3) is 4.11. The Morgan fingerprint density at radius 2 is 1.69 bits per heavy atom. The number of rotatable bonds is 6. The summed E-state index contributed by atoms with van der Waals surface area (Å²) in [6.45, 7) is -0.417. The normalized spacial score (nSPS) is 13.0. The number of Topliss-reactive ketones (excluding diaryl/α,β-unsaturated/α-hetero) is 1. The zero-order valence-corrected chi connectivity index (χ0v) is 17.4. The SMILES string of the molecule is O=C(COC(=O)c1cccc(S(=O)(=O)N2CCc3ccccc32)c1)c1ccc(F)c(F)c1. The number of halogens is 2. The maximum atomic E-state index is 13.3. The molecule has 0 saturated carbocycles. The maximum Gasteiger partial charge on any atom is 0.338 e. The van der Waals surface area contributed by atoms with Crippen molar-refractivity contribution < 1.29 is 31.5 Å². The number of anilines is 1. The van der Waals surface area contributed by atoms with E-state index < -0.39 is 40.0 Å². The van der Waals surface area contributed by atoms with Crippen LogP contribution in [0.1, 0.15) is 26.3 Å². The van der Waals surface area contributed by atoms with Gasteiger partial charge in [0.15, 0.2) is 24.0 Å². The Morgan fingerprint density at radius 1 is 0.906 bits per heavy atom. The van der Waals surface area contributed by atoms with Gasteiger partial charge in [-0.2, -0.15) is 0 Å². The molecule has 0 N–H and O–H groups in total. The monoisotopic (exact) mass is 457 g/mol. The van der Waals surface area contributed by atoms with E-state index >= 15 is 0 Å². The van der Waals surface area contributed by atoms with Gasteiger partial charge in [0.1, 0.15) is 0 Å². The van der Waals surface area contributed by atoms with Gasteiger partial charge in [-0.25, -0.2) is 22.0 Å². The van der Waals surface area contributed by atoms with Gasteiger partial charge in [0.25, 0.3) is 10.0 Å². The molecule has 3 aromatic rings. The molecule has 1 aliphatic heterocycles. The molecule has 1 aliphatic rings. The van der Waals surface area contributed by atoms with Crippen molar-refractivity contribution in [2.24, 2.45) is 0 Å². The molecule has 32 heavy (non-hydrogen) atoms. The van der Waals surface area contributed by atoms with E-state index in [1.54, 1.807) is 12.1 Å². The second kappa shape index (κ2) is 8.51. The average Bonchev–Trinajstić information content (AvgIpc) is 3.24. The highest BCUT2D eigenvalue weighted by Crippen LogP contribution is 2.32. The van der Waals surface area contributed by atoms with Gasteiger partial charge >= 0.3 is 5.97 Å². The maximum absolute atomic E-state index is 13.3. The first kappa shape index (κ1) is 21.6. The van der Waals surface area contributed by atoms with Gasteiger partial charge in [0.2, 0.25) is 0 Å². The number of benzene rings is 3. The molecule has 0 radical (unpaired) electrons. The zero-order valence-electron chi connectivity index (χ0n) is 16.6. The van der Waals surface area contributed by atoms with E-state index in [-0.39, 0.29) is 16.0 Å². The van der Waals surface area contributed by atoms with Crippen LogP contribution < -0.4 is 4.31 Å². The van der Waals surface area contributed by atoms with Crippen LogP contribution in [0.5, 0.6) is 0 Å². The highest BCUT2D eigenvalue weighted by atomic mass is 32.2. The van der Waals surface area contributed by atoms with Gasteiger partial charge in [0, 0.05) is 12.1 Å². The van der Waals surface area contributed by atoms with E-state index in [0.29, 0.717) is 24.7 Å². The highest BCUT2D eigenvalue weighted by Gasteiger charge is 2.31. The highest BCUT2D eigenvalue weighted by molar-refractivity contribution is 7.92. The van der Waals surface area contributed by atoms with Gasteiger partial charge in [-0.1, -0.05) is 24.3 Å². The van der Waals surface area contributed by atoms with Crippen molar-refractivity contribution in [3.63, 3.8) is 0 Å². The van der Waals surface area contributed by atoms with Crippen LogP contribution >= 0.6 is 0 Å². The number of esters is 1. The first-order valence-corrected chi connectivity index (χ1v) is 11.1. The fraction of sp³-hybridized carbons (Fsp3) is 0.130. The lowest BCUT2D eigenvalue weighted by molar-refractivity contribution is 0.0474. The molecular formula is C23H17F2NO5S. The number of hydrogen-bond donors (Lipinski definition) is 0. The van der Waals surface area contributed by atoms with Crippen molar-refractivity contribution in [1.29, 1.82) is 0 Å². The minimum atomic E-state index is -3.91. The summed E-state index contributed by atoms with van der Waals surface area (Å²) in [6.07, 6.45) is 0.587. The third-order valence-electron chi connectivity index (χ3n) is 5.08. The Balaban J connectivity index is 1.49. The molecule has 0 bridgehead atoms. The van der Waals surface area contributed by atoms with E-state index in [1.165, 1.54) is 28.6 Å². The summed E-state index contributed by atoms with van der Waals surface area (Å²) in [6, 6.07) is 15.1. The van der Waals surface area contributed by atoms with E-state index in [0.717, 1.165) is 17.7 Å². The number of para-hydroxylation sites is 1. The van der Waals surface area contributed by atoms with Crippen molar-refractivity contribution in [2.75, 3.05) is 17.5 Å². The van der Waals surface area contributed by atoms with Crippen LogP contribution in [0, 0.1) is 11.6 Å². The Kier molecular flexibility index (Phi) is 5.75. The summed E-state index contributed by atoms with van der Waals surface area (Å²) in [5.74, 6) is -3.93. The number of carbonyl (C=O) groups is 2. The number of nitrogens with zero attached hydrogens (tertiary/aromatic N) is 1. The predicted molar refractivity (Wildman–Crippen MR) is 112 cm³/mol. The largest absolute Gasteiger partial charge is 0.454 e. The molecule has 0 aromatic heterocycles. The smallest absolute Gasteiger partial charge is 0.338 e. The van der Waals surface area contributed by atoms with Crippen LogP contribution in [0.2, 0.25) is 0 Å². The molecule has 4 rings (SSSR count). The Hall–Kier alpha value is -3.59. The Labute approximate surface area is 183 Å². The van der Waals surface area contributed by atoms with E-state index in [1.807, 2.05) is 12.1 Å². The molecule has 164 valence electrons. The minimum absolute atomic E-state index is 0.0587. The number of ketones is 1. The van der Waals surface area contributed by atoms with Crippen molar-refractivity contribution in [3.8, 4) is 0 Å². The number of ether oxygens (including phenoxy) is 1. The zero-order chi connectivity index (χ0) is 22.9. The second-order valence-corrected chi connectivity index (χ2v) is 8.97. The first-order chi connectivity index (χ1) is 15.3. The van der Waals surface area contributed by atoms with Gasteiger partial charge in [-0.15, -0.1) is 0 Å². The number of sulfonamides is 1. The Bertz CT molecular complexity index is 1320. The van der Waals surface area contributed by atoms with Crippen molar-refractivity contribution >= 4 is 27.5 Å². The lowest BCUT2D eigenvalue weighted by Gasteiger charge is -2.19. The van der Waals surface area contributed by atoms with E-state index in [2.05, 4.69) is 0 Å². The molecule has 0 spiro atoms. The quantitative estimate of drug-likeness (QED) is 0.416. The molecule has 0 amide bonds.